The maximum absolute atomic E-state index is 12.1. The van der Waals surface area contributed by atoms with Crippen LogP contribution in [0.15, 0.2) is 28.8 Å². The first-order chi connectivity index (χ1) is 9.65. The average molecular weight is 291 g/mol. The number of hydrogen-bond donors (Lipinski definition) is 1. The Kier molecular flexibility index (Phi) is 3.03. The van der Waals surface area contributed by atoms with Crippen LogP contribution in [0.5, 0.6) is 0 Å². The zero-order chi connectivity index (χ0) is 14.1. The zero-order valence-electron chi connectivity index (χ0n) is 10.1. The van der Waals surface area contributed by atoms with Crippen molar-refractivity contribution in [3.63, 3.8) is 0 Å². The topological polar surface area (TPSA) is 103 Å². The molecule has 1 N–H and O–H groups in total. The maximum Gasteiger partial charge on any atom is 0.358 e. The van der Waals surface area contributed by atoms with E-state index in [0.717, 1.165) is 0 Å². The van der Waals surface area contributed by atoms with Crippen molar-refractivity contribution in [2.75, 3.05) is 0 Å². The molecule has 9 heteroatoms. The van der Waals surface area contributed by atoms with Crippen LogP contribution in [0.25, 0.3) is 10.2 Å². The van der Waals surface area contributed by atoms with Crippen LogP contribution in [-0.4, -0.2) is 35.6 Å². The third-order valence-corrected chi connectivity index (χ3v) is 3.60. The van der Waals surface area contributed by atoms with E-state index in [2.05, 4.69) is 15.3 Å². The van der Waals surface area contributed by atoms with E-state index < -0.39 is 5.97 Å². The van der Waals surface area contributed by atoms with Crippen LogP contribution in [0, 0.1) is 0 Å². The number of carboxylic acid groups (broad SMARTS) is 1. The monoisotopic (exact) mass is 291 g/mol. The normalized spacial score (nSPS) is 11.0. The van der Waals surface area contributed by atoms with E-state index in [1.807, 2.05) is 5.38 Å². The standard InChI is InChI=1S/C11H9N5O3S/c17-10-7-1-4-20-9(7)12-6-15(10)2-3-16-5-8(11(18)19)13-14-16/h1,4-6H,2-3H2,(H,18,19). The summed E-state index contributed by atoms with van der Waals surface area (Å²) in [5, 5.41) is 18.3. The van der Waals surface area contributed by atoms with Crippen molar-refractivity contribution in [3.05, 3.63) is 40.0 Å². The Balaban J connectivity index is 1.81. The van der Waals surface area contributed by atoms with Crippen molar-refractivity contribution in [1.29, 1.82) is 0 Å². The Morgan fingerprint density at radius 1 is 1.40 bits per heavy atom. The van der Waals surface area contributed by atoms with Gasteiger partial charge >= 0.3 is 5.97 Å². The summed E-state index contributed by atoms with van der Waals surface area (Å²) < 4.78 is 2.85. The number of nitrogens with zero attached hydrogens (tertiary/aromatic N) is 5. The van der Waals surface area contributed by atoms with E-state index in [1.165, 1.54) is 33.1 Å². The number of fused-ring (bicyclic) bond motifs is 1. The molecule has 3 rings (SSSR count). The predicted octanol–water partition coefficient (Wildman–Crippen LogP) is 0.448. The molecule has 8 nitrogen and oxygen atoms in total. The number of aromatic nitrogens is 5. The van der Waals surface area contributed by atoms with Gasteiger partial charge in [-0.3, -0.25) is 9.36 Å². The molecular weight excluding hydrogens is 282 g/mol. The van der Waals surface area contributed by atoms with Crippen molar-refractivity contribution < 1.29 is 9.90 Å². The fraction of sp³-hybridized carbons (Fsp3) is 0.182. The molecule has 0 spiro atoms. The third kappa shape index (κ3) is 2.18. The molecule has 0 radical (unpaired) electrons. The van der Waals surface area contributed by atoms with Gasteiger partial charge in [-0.05, 0) is 11.4 Å². The van der Waals surface area contributed by atoms with E-state index >= 15 is 0 Å². The highest BCUT2D eigenvalue weighted by Crippen LogP contribution is 2.13. The minimum absolute atomic E-state index is 0.116. The molecule has 0 unspecified atom stereocenters. The molecule has 0 aromatic carbocycles. The van der Waals surface area contributed by atoms with E-state index in [1.54, 1.807) is 6.07 Å². The summed E-state index contributed by atoms with van der Waals surface area (Å²) >= 11 is 1.41. The first-order valence-electron chi connectivity index (χ1n) is 5.71. The summed E-state index contributed by atoms with van der Waals surface area (Å²) in [5.74, 6) is -1.13. The summed E-state index contributed by atoms with van der Waals surface area (Å²) in [6.45, 7) is 0.692. The maximum atomic E-state index is 12.1. The molecule has 3 aromatic heterocycles. The second-order valence-corrected chi connectivity index (χ2v) is 4.95. The van der Waals surface area contributed by atoms with Gasteiger partial charge in [0.25, 0.3) is 5.56 Å². The van der Waals surface area contributed by atoms with Gasteiger partial charge in [0.1, 0.15) is 4.83 Å². The first-order valence-corrected chi connectivity index (χ1v) is 6.59. The van der Waals surface area contributed by atoms with Gasteiger partial charge in [-0.25, -0.2) is 14.5 Å². The number of carboxylic acids is 1. The Hall–Kier alpha value is -2.55. The lowest BCUT2D eigenvalue weighted by Crippen LogP contribution is -2.22. The van der Waals surface area contributed by atoms with Crippen molar-refractivity contribution >= 4 is 27.5 Å². The number of aryl methyl sites for hydroxylation is 2. The molecule has 0 fully saturated rings. The van der Waals surface area contributed by atoms with E-state index in [0.29, 0.717) is 23.3 Å². The van der Waals surface area contributed by atoms with Gasteiger partial charge in [0, 0.05) is 6.54 Å². The van der Waals surface area contributed by atoms with Crippen molar-refractivity contribution in [1.82, 2.24) is 24.5 Å². The fourth-order valence-electron chi connectivity index (χ4n) is 1.77. The molecule has 20 heavy (non-hydrogen) atoms. The second-order valence-electron chi connectivity index (χ2n) is 4.05. The molecule has 0 saturated carbocycles. The summed E-state index contributed by atoms with van der Waals surface area (Å²) in [5.41, 5.74) is -0.237. The summed E-state index contributed by atoms with van der Waals surface area (Å²) in [7, 11) is 0. The quantitative estimate of drug-likeness (QED) is 0.748. The minimum atomic E-state index is -1.13. The van der Waals surface area contributed by atoms with E-state index in [-0.39, 0.29) is 11.3 Å². The van der Waals surface area contributed by atoms with E-state index in [4.69, 9.17) is 5.11 Å². The second kappa shape index (κ2) is 4.85. The van der Waals surface area contributed by atoms with Gasteiger partial charge in [0.05, 0.1) is 24.5 Å². The predicted molar refractivity (Wildman–Crippen MR) is 70.9 cm³/mol. The fourth-order valence-corrected chi connectivity index (χ4v) is 2.49. The SMILES string of the molecule is O=C(O)c1cn(CCn2cnc3sccc3c2=O)nn1. The van der Waals surface area contributed by atoms with Crippen LogP contribution >= 0.6 is 11.3 Å². The van der Waals surface area contributed by atoms with Crippen LogP contribution in [-0.2, 0) is 13.1 Å². The Morgan fingerprint density at radius 3 is 3.00 bits per heavy atom. The number of rotatable bonds is 4. The molecular formula is C11H9N5O3S. The van der Waals surface area contributed by atoms with Crippen molar-refractivity contribution in [3.8, 4) is 0 Å². The number of carbonyl (C=O) groups is 1. The van der Waals surface area contributed by atoms with Crippen LogP contribution in [0.2, 0.25) is 0 Å². The van der Waals surface area contributed by atoms with Gasteiger partial charge in [-0.1, -0.05) is 5.21 Å². The lowest BCUT2D eigenvalue weighted by atomic mass is 10.4. The van der Waals surface area contributed by atoms with Crippen molar-refractivity contribution in [2.24, 2.45) is 0 Å². The highest BCUT2D eigenvalue weighted by atomic mass is 32.1. The Morgan fingerprint density at radius 2 is 2.25 bits per heavy atom. The van der Waals surface area contributed by atoms with Gasteiger partial charge < -0.3 is 5.11 Å². The Bertz CT molecular complexity index is 834. The molecule has 3 aromatic rings. The lowest BCUT2D eigenvalue weighted by molar-refractivity contribution is 0.0690. The number of aromatic carboxylic acids is 1. The molecule has 0 atom stereocenters. The van der Waals surface area contributed by atoms with E-state index in [9.17, 15) is 9.59 Å². The van der Waals surface area contributed by atoms with Crippen LogP contribution in [0.4, 0.5) is 0 Å². The highest BCUT2D eigenvalue weighted by molar-refractivity contribution is 7.16. The van der Waals surface area contributed by atoms with Gasteiger partial charge in [-0.2, -0.15) is 0 Å². The summed E-state index contributed by atoms with van der Waals surface area (Å²) in [6.07, 6.45) is 2.81. The van der Waals surface area contributed by atoms with Gasteiger partial charge in [0.15, 0.2) is 5.69 Å². The molecule has 0 aliphatic rings. The molecule has 3 heterocycles. The lowest BCUT2D eigenvalue weighted by Gasteiger charge is -2.04. The minimum Gasteiger partial charge on any atom is -0.476 e. The molecule has 0 saturated heterocycles. The first kappa shape index (κ1) is 12.5. The highest BCUT2D eigenvalue weighted by Gasteiger charge is 2.09. The molecule has 0 bridgehead atoms. The Labute approximate surface area is 115 Å². The van der Waals surface area contributed by atoms with Gasteiger partial charge in [-0.15, -0.1) is 16.4 Å². The smallest absolute Gasteiger partial charge is 0.358 e. The molecule has 0 aliphatic carbocycles. The van der Waals surface area contributed by atoms with Crippen LogP contribution in [0.3, 0.4) is 0 Å². The molecule has 0 amide bonds. The zero-order valence-corrected chi connectivity index (χ0v) is 10.9. The van der Waals surface area contributed by atoms with Crippen molar-refractivity contribution in [2.45, 2.75) is 13.1 Å². The largest absolute Gasteiger partial charge is 0.476 e. The number of thiophene rings is 1. The van der Waals surface area contributed by atoms with Gasteiger partial charge in [0.2, 0.25) is 0 Å². The molecule has 102 valence electrons. The summed E-state index contributed by atoms with van der Waals surface area (Å²) in [4.78, 5) is 27.7. The van der Waals surface area contributed by atoms with Crippen LogP contribution < -0.4 is 5.56 Å². The number of hydrogen-bond acceptors (Lipinski definition) is 6. The van der Waals surface area contributed by atoms with Crippen LogP contribution in [0.1, 0.15) is 10.5 Å². The molecule has 0 aliphatic heterocycles. The summed E-state index contributed by atoms with van der Waals surface area (Å²) in [6, 6.07) is 1.74. The third-order valence-electron chi connectivity index (χ3n) is 2.78. The average Bonchev–Trinajstić information content (AvgIpc) is 3.07.